The Bertz CT molecular complexity index is 641. The Balaban J connectivity index is 2.03. The zero-order chi connectivity index (χ0) is 14.5. The van der Waals surface area contributed by atoms with Crippen LogP contribution >= 0.6 is 11.3 Å². The number of carboxylic acid groups (broad SMARTS) is 1. The highest BCUT2D eigenvalue weighted by atomic mass is 32.1. The number of thiazole rings is 1. The molecule has 0 aliphatic heterocycles. The third-order valence-corrected chi connectivity index (χ3v) is 3.27. The molecule has 0 aliphatic carbocycles. The molecule has 0 aromatic carbocycles. The van der Waals surface area contributed by atoms with Crippen LogP contribution in [-0.4, -0.2) is 34.1 Å². The molecular weight excluding hydrogens is 282 g/mol. The predicted octanol–water partition coefficient (Wildman–Crippen LogP) is 1.17. The van der Waals surface area contributed by atoms with Crippen LogP contribution in [0.25, 0.3) is 0 Å². The van der Waals surface area contributed by atoms with Crippen molar-refractivity contribution >= 4 is 23.2 Å². The van der Waals surface area contributed by atoms with Crippen molar-refractivity contribution in [2.24, 2.45) is 0 Å². The number of aromatic nitrogens is 2. The van der Waals surface area contributed by atoms with E-state index >= 15 is 0 Å². The van der Waals surface area contributed by atoms with E-state index in [1.807, 2.05) is 0 Å². The number of carboxylic acids is 1. The van der Waals surface area contributed by atoms with E-state index in [-0.39, 0.29) is 18.1 Å². The Morgan fingerprint density at radius 3 is 2.95 bits per heavy atom. The van der Waals surface area contributed by atoms with E-state index in [9.17, 15) is 9.59 Å². The summed E-state index contributed by atoms with van der Waals surface area (Å²) >= 11 is 1.17. The highest BCUT2D eigenvalue weighted by Crippen LogP contribution is 2.16. The fraction of sp³-hybridized carbons (Fsp3) is 0.167. The lowest BCUT2D eigenvalue weighted by atomic mass is 10.2. The van der Waals surface area contributed by atoms with E-state index in [1.165, 1.54) is 36.2 Å². The van der Waals surface area contributed by atoms with Gasteiger partial charge in [0.25, 0.3) is 5.91 Å². The lowest BCUT2D eigenvalue weighted by Crippen LogP contribution is -2.23. The van der Waals surface area contributed by atoms with Gasteiger partial charge in [-0.3, -0.25) is 9.78 Å². The van der Waals surface area contributed by atoms with Crippen LogP contribution in [0, 0.1) is 0 Å². The van der Waals surface area contributed by atoms with Gasteiger partial charge < -0.3 is 15.2 Å². The molecule has 104 valence electrons. The third kappa shape index (κ3) is 3.09. The van der Waals surface area contributed by atoms with Crippen molar-refractivity contribution in [3.63, 3.8) is 0 Å². The molecule has 2 aromatic rings. The van der Waals surface area contributed by atoms with Gasteiger partial charge in [-0.15, -0.1) is 11.3 Å². The summed E-state index contributed by atoms with van der Waals surface area (Å²) < 4.78 is 5.04. The number of hydrogen-bond acceptors (Lipinski definition) is 6. The summed E-state index contributed by atoms with van der Waals surface area (Å²) in [6.07, 6.45) is 2.93. The topological polar surface area (TPSA) is 101 Å². The molecule has 0 atom stereocenters. The number of aromatic carboxylic acids is 1. The van der Waals surface area contributed by atoms with Crippen LogP contribution in [-0.2, 0) is 6.54 Å². The van der Waals surface area contributed by atoms with Crippen molar-refractivity contribution in [2.45, 2.75) is 6.54 Å². The average Bonchev–Trinajstić information content (AvgIpc) is 2.94. The van der Waals surface area contributed by atoms with Crippen LogP contribution < -0.4 is 10.1 Å². The summed E-state index contributed by atoms with van der Waals surface area (Å²) in [6.45, 7) is 0.155. The second-order valence-electron chi connectivity index (χ2n) is 3.69. The van der Waals surface area contributed by atoms with Gasteiger partial charge in [-0.25, -0.2) is 9.78 Å². The van der Waals surface area contributed by atoms with Gasteiger partial charge in [-0.2, -0.15) is 0 Å². The van der Waals surface area contributed by atoms with E-state index in [2.05, 4.69) is 15.3 Å². The quantitative estimate of drug-likeness (QED) is 0.858. The normalized spacial score (nSPS) is 10.1. The molecule has 0 saturated heterocycles. The maximum absolute atomic E-state index is 12.0. The summed E-state index contributed by atoms with van der Waals surface area (Å²) in [7, 11) is 1.45. The first-order chi connectivity index (χ1) is 9.61. The van der Waals surface area contributed by atoms with Crippen LogP contribution in [0.5, 0.6) is 5.75 Å². The van der Waals surface area contributed by atoms with Crippen molar-refractivity contribution in [3.8, 4) is 5.75 Å². The first-order valence-electron chi connectivity index (χ1n) is 5.55. The molecule has 0 saturated carbocycles. The van der Waals surface area contributed by atoms with Gasteiger partial charge in [0.05, 0.1) is 25.4 Å². The number of hydrogen-bond donors (Lipinski definition) is 2. The van der Waals surface area contributed by atoms with Crippen LogP contribution in [0.3, 0.4) is 0 Å². The van der Waals surface area contributed by atoms with Crippen LogP contribution in [0.2, 0.25) is 0 Å². The monoisotopic (exact) mass is 293 g/mol. The SMILES string of the molecule is COc1cnccc1C(=O)NCc1nc(C(=O)O)cs1. The van der Waals surface area contributed by atoms with E-state index in [1.54, 1.807) is 6.07 Å². The van der Waals surface area contributed by atoms with E-state index in [4.69, 9.17) is 9.84 Å². The molecule has 2 heterocycles. The van der Waals surface area contributed by atoms with Gasteiger partial charge in [-0.05, 0) is 6.07 Å². The zero-order valence-corrected chi connectivity index (χ0v) is 11.3. The van der Waals surface area contributed by atoms with Gasteiger partial charge >= 0.3 is 5.97 Å². The zero-order valence-electron chi connectivity index (χ0n) is 10.5. The lowest BCUT2D eigenvalue weighted by molar-refractivity contribution is 0.0691. The standard InChI is InChI=1S/C12H11N3O4S/c1-19-9-4-13-3-2-7(9)11(16)14-5-10-15-8(6-20-10)12(17)18/h2-4,6H,5H2,1H3,(H,14,16)(H,17,18). The summed E-state index contributed by atoms with van der Waals surface area (Å²) in [4.78, 5) is 30.4. The molecule has 1 amide bonds. The number of nitrogens with one attached hydrogen (secondary N) is 1. The smallest absolute Gasteiger partial charge is 0.355 e. The summed E-state index contributed by atoms with van der Waals surface area (Å²) in [5.74, 6) is -1.05. The number of amides is 1. The first kappa shape index (κ1) is 13.9. The Labute approximate surface area is 118 Å². The lowest BCUT2D eigenvalue weighted by Gasteiger charge is -2.07. The molecule has 20 heavy (non-hydrogen) atoms. The van der Waals surface area contributed by atoms with Gasteiger partial charge in [0, 0.05) is 11.6 Å². The van der Waals surface area contributed by atoms with Gasteiger partial charge in [0.2, 0.25) is 0 Å². The Morgan fingerprint density at radius 2 is 2.30 bits per heavy atom. The van der Waals surface area contributed by atoms with Gasteiger partial charge in [0.1, 0.15) is 10.8 Å². The molecule has 0 unspecified atom stereocenters. The molecule has 7 nitrogen and oxygen atoms in total. The molecule has 2 N–H and O–H groups in total. The first-order valence-corrected chi connectivity index (χ1v) is 6.43. The number of ether oxygens (including phenoxy) is 1. The van der Waals surface area contributed by atoms with E-state index in [0.717, 1.165) is 0 Å². The summed E-state index contributed by atoms with van der Waals surface area (Å²) in [6, 6.07) is 1.54. The predicted molar refractivity (Wildman–Crippen MR) is 71.0 cm³/mol. The van der Waals surface area contributed by atoms with Crippen molar-refractivity contribution in [2.75, 3.05) is 7.11 Å². The van der Waals surface area contributed by atoms with E-state index in [0.29, 0.717) is 16.3 Å². The average molecular weight is 293 g/mol. The molecule has 0 aliphatic rings. The minimum Gasteiger partial charge on any atom is -0.494 e. The fourth-order valence-electron chi connectivity index (χ4n) is 1.47. The van der Waals surface area contributed by atoms with Crippen molar-refractivity contribution in [3.05, 3.63) is 40.1 Å². The third-order valence-electron chi connectivity index (χ3n) is 2.42. The van der Waals surface area contributed by atoms with Crippen molar-refractivity contribution in [1.82, 2.24) is 15.3 Å². The maximum atomic E-state index is 12.0. The van der Waals surface area contributed by atoms with Gasteiger partial charge in [-0.1, -0.05) is 0 Å². The van der Waals surface area contributed by atoms with E-state index < -0.39 is 5.97 Å². The van der Waals surface area contributed by atoms with Crippen molar-refractivity contribution < 1.29 is 19.4 Å². The molecule has 0 spiro atoms. The molecule has 8 heteroatoms. The van der Waals surface area contributed by atoms with Crippen LogP contribution in [0.4, 0.5) is 0 Å². The minimum atomic E-state index is -1.09. The highest BCUT2D eigenvalue weighted by Gasteiger charge is 2.13. The molecule has 0 fully saturated rings. The minimum absolute atomic E-state index is 0.0271. The second-order valence-corrected chi connectivity index (χ2v) is 4.63. The molecular formula is C12H11N3O4S. The summed E-state index contributed by atoms with van der Waals surface area (Å²) in [5.41, 5.74) is 0.332. The Hall–Kier alpha value is -2.48. The largest absolute Gasteiger partial charge is 0.494 e. The van der Waals surface area contributed by atoms with Crippen molar-refractivity contribution in [1.29, 1.82) is 0 Å². The van der Waals surface area contributed by atoms with Gasteiger partial charge in [0.15, 0.2) is 5.69 Å². The van der Waals surface area contributed by atoms with Crippen LogP contribution in [0.1, 0.15) is 25.9 Å². The number of carbonyl (C=O) groups is 2. The summed E-state index contributed by atoms with van der Waals surface area (Å²) in [5, 5.41) is 13.4. The number of pyridine rings is 1. The number of carbonyl (C=O) groups excluding carboxylic acids is 1. The molecule has 2 rings (SSSR count). The Kier molecular flexibility index (Phi) is 4.26. The Morgan fingerprint density at radius 1 is 1.50 bits per heavy atom. The highest BCUT2D eigenvalue weighted by molar-refractivity contribution is 7.09. The van der Waals surface area contributed by atoms with Crippen LogP contribution in [0.15, 0.2) is 23.8 Å². The molecule has 0 radical (unpaired) electrons. The number of nitrogens with zero attached hydrogens (tertiary/aromatic N) is 2. The molecule has 2 aromatic heterocycles. The molecule has 0 bridgehead atoms. The number of methoxy groups -OCH3 is 1. The fourth-order valence-corrected chi connectivity index (χ4v) is 2.18. The maximum Gasteiger partial charge on any atom is 0.355 e. The number of rotatable bonds is 5. The second kappa shape index (κ2) is 6.11.